The van der Waals surface area contributed by atoms with Crippen LogP contribution in [-0.2, 0) is 6.18 Å². The van der Waals surface area contributed by atoms with E-state index in [9.17, 15) is 18.0 Å². The zero-order chi connectivity index (χ0) is 17.7. The van der Waals surface area contributed by atoms with E-state index in [2.05, 4.69) is 20.5 Å². The van der Waals surface area contributed by atoms with Crippen molar-refractivity contribution >= 4 is 23.3 Å². The average Bonchev–Trinajstić information content (AvgIpc) is 2.52. The highest BCUT2D eigenvalue weighted by Gasteiger charge is 2.34. The fourth-order valence-electron chi connectivity index (χ4n) is 1.73. The molecule has 24 heavy (non-hydrogen) atoms. The van der Waals surface area contributed by atoms with Gasteiger partial charge in [-0.1, -0.05) is 11.6 Å². The maximum Gasteiger partial charge on any atom is 0.421 e. The number of primary amides is 1. The summed E-state index contributed by atoms with van der Waals surface area (Å²) in [4.78, 5) is 14.8. The molecule has 0 atom stereocenters. The van der Waals surface area contributed by atoms with Crippen LogP contribution in [0.3, 0.4) is 0 Å². The first-order valence-corrected chi connectivity index (χ1v) is 6.88. The Kier molecular flexibility index (Phi) is 5.39. The summed E-state index contributed by atoms with van der Waals surface area (Å²) in [5, 5.41) is 9.87. The van der Waals surface area contributed by atoms with Crippen LogP contribution in [0.25, 0.3) is 0 Å². The smallest absolute Gasteiger partial charge is 0.421 e. The molecule has 1 amide bonds. The van der Waals surface area contributed by atoms with Crippen molar-refractivity contribution in [1.29, 1.82) is 0 Å². The maximum atomic E-state index is 12.8. The first kappa shape index (κ1) is 17.7. The predicted molar refractivity (Wildman–Crippen MR) is 78.8 cm³/mol. The molecule has 3 N–H and O–H groups in total. The number of halogens is 4. The minimum Gasteiger partial charge on any atom is -0.475 e. The Hall–Kier alpha value is -2.62. The summed E-state index contributed by atoms with van der Waals surface area (Å²) in [5.74, 6) is -1.27. The molecule has 128 valence electrons. The molecule has 0 bridgehead atoms. The van der Waals surface area contributed by atoms with Gasteiger partial charge >= 0.3 is 6.18 Å². The van der Waals surface area contributed by atoms with Crippen LogP contribution < -0.4 is 15.8 Å². The third-order valence-electron chi connectivity index (χ3n) is 2.74. The molecule has 7 nitrogen and oxygen atoms in total. The highest BCUT2D eigenvalue weighted by atomic mass is 35.5. The van der Waals surface area contributed by atoms with Gasteiger partial charge in [0.25, 0.3) is 5.91 Å². The summed E-state index contributed by atoms with van der Waals surface area (Å²) >= 11 is 5.61. The van der Waals surface area contributed by atoms with Gasteiger partial charge in [0.2, 0.25) is 5.88 Å². The summed E-state index contributed by atoms with van der Waals surface area (Å²) in [7, 11) is 0. The van der Waals surface area contributed by atoms with Gasteiger partial charge in [-0.05, 0) is 18.2 Å². The Labute approximate surface area is 139 Å². The third kappa shape index (κ3) is 4.44. The SMILES string of the molecule is NC(=O)c1cc(Cl)nnc1NCCOc1ncccc1C(F)(F)F. The number of carbonyl (C=O) groups excluding carboxylic acids is 1. The van der Waals surface area contributed by atoms with E-state index in [4.69, 9.17) is 22.1 Å². The van der Waals surface area contributed by atoms with Crippen LogP contribution in [0.2, 0.25) is 5.15 Å². The van der Waals surface area contributed by atoms with Crippen molar-refractivity contribution in [2.45, 2.75) is 6.18 Å². The highest BCUT2D eigenvalue weighted by molar-refractivity contribution is 6.29. The van der Waals surface area contributed by atoms with Gasteiger partial charge in [-0.15, -0.1) is 10.2 Å². The number of alkyl halides is 3. The van der Waals surface area contributed by atoms with E-state index in [-0.39, 0.29) is 29.7 Å². The number of hydrogen-bond acceptors (Lipinski definition) is 6. The van der Waals surface area contributed by atoms with Crippen molar-refractivity contribution in [2.24, 2.45) is 5.73 Å². The number of nitrogens with two attached hydrogens (primary N) is 1. The van der Waals surface area contributed by atoms with Crippen molar-refractivity contribution < 1.29 is 22.7 Å². The van der Waals surface area contributed by atoms with Gasteiger partial charge in [0.05, 0.1) is 12.1 Å². The molecule has 0 aliphatic rings. The average molecular weight is 362 g/mol. The second kappa shape index (κ2) is 7.30. The fourth-order valence-corrected chi connectivity index (χ4v) is 1.87. The quantitative estimate of drug-likeness (QED) is 0.764. The van der Waals surface area contributed by atoms with E-state index in [0.717, 1.165) is 12.1 Å². The van der Waals surface area contributed by atoms with Gasteiger partial charge in [-0.25, -0.2) is 4.98 Å². The topological polar surface area (TPSA) is 103 Å². The van der Waals surface area contributed by atoms with E-state index in [1.165, 1.54) is 12.3 Å². The summed E-state index contributed by atoms with van der Waals surface area (Å²) < 4.78 is 43.4. The van der Waals surface area contributed by atoms with E-state index < -0.39 is 23.5 Å². The van der Waals surface area contributed by atoms with Gasteiger partial charge in [0, 0.05) is 6.20 Å². The van der Waals surface area contributed by atoms with E-state index in [0.29, 0.717) is 0 Å². The Morgan fingerprint density at radius 3 is 2.79 bits per heavy atom. The van der Waals surface area contributed by atoms with Crippen LogP contribution >= 0.6 is 11.6 Å². The van der Waals surface area contributed by atoms with Crippen molar-refractivity contribution in [3.8, 4) is 5.88 Å². The first-order valence-electron chi connectivity index (χ1n) is 6.51. The minimum absolute atomic E-state index is 0.00353. The van der Waals surface area contributed by atoms with Crippen LogP contribution in [0.5, 0.6) is 5.88 Å². The lowest BCUT2D eigenvalue weighted by molar-refractivity contribution is -0.139. The minimum atomic E-state index is -4.57. The number of ether oxygens (including phenoxy) is 1. The van der Waals surface area contributed by atoms with Crippen molar-refractivity contribution in [3.05, 3.63) is 40.7 Å². The standard InChI is InChI=1S/C13H11ClF3N5O2/c14-9-6-7(10(18)23)11(22-21-9)19-4-5-24-12-8(13(15,16)17)2-1-3-20-12/h1-3,6H,4-5H2,(H2,18,23)(H,19,22). The molecule has 0 unspecified atom stereocenters. The second-order valence-electron chi connectivity index (χ2n) is 4.42. The number of rotatable bonds is 6. The van der Waals surface area contributed by atoms with Gasteiger partial charge in [-0.3, -0.25) is 4.79 Å². The van der Waals surface area contributed by atoms with Crippen molar-refractivity contribution in [1.82, 2.24) is 15.2 Å². The third-order valence-corrected chi connectivity index (χ3v) is 2.92. The number of anilines is 1. The van der Waals surface area contributed by atoms with Crippen LogP contribution in [-0.4, -0.2) is 34.2 Å². The Balaban J connectivity index is 1.99. The van der Waals surface area contributed by atoms with Crippen LogP contribution in [0.4, 0.5) is 19.0 Å². The highest BCUT2D eigenvalue weighted by Crippen LogP contribution is 2.34. The zero-order valence-corrected chi connectivity index (χ0v) is 12.7. The molecule has 2 rings (SSSR count). The summed E-state index contributed by atoms with van der Waals surface area (Å²) in [6, 6.07) is 3.25. The fraction of sp³-hybridized carbons (Fsp3) is 0.231. The largest absolute Gasteiger partial charge is 0.475 e. The summed E-state index contributed by atoms with van der Waals surface area (Å²) in [5.41, 5.74) is 4.20. The number of nitrogens with zero attached hydrogens (tertiary/aromatic N) is 3. The molecule has 2 heterocycles. The van der Waals surface area contributed by atoms with Gasteiger partial charge in [0.15, 0.2) is 11.0 Å². The number of hydrogen-bond donors (Lipinski definition) is 2. The van der Waals surface area contributed by atoms with Crippen LogP contribution in [0, 0.1) is 0 Å². The van der Waals surface area contributed by atoms with E-state index >= 15 is 0 Å². The van der Waals surface area contributed by atoms with Gasteiger partial charge < -0.3 is 15.8 Å². The molecule has 0 radical (unpaired) electrons. The van der Waals surface area contributed by atoms with Gasteiger partial charge in [-0.2, -0.15) is 13.2 Å². The van der Waals surface area contributed by atoms with Gasteiger partial charge in [0.1, 0.15) is 12.2 Å². The molecule has 0 spiro atoms. The molecule has 2 aromatic rings. The Bertz CT molecular complexity index is 742. The lowest BCUT2D eigenvalue weighted by atomic mass is 10.2. The van der Waals surface area contributed by atoms with Crippen molar-refractivity contribution in [2.75, 3.05) is 18.5 Å². The Morgan fingerprint density at radius 2 is 2.12 bits per heavy atom. The normalized spacial score (nSPS) is 11.2. The maximum absolute atomic E-state index is 12.8. The molecule has 0 aromatic carbocycles. The molecule has 0 fully saturated rings. The Morgan fingerprint density at radius 1 is 1.38 bits per heavy atom. The summed E-state index contributed by atoms with van der Waals surface area (Å²) in [6.07, 6.45) is -3.38. The van der Waals surface area contributed by atoms with Crippen LogP contribution in [0.15, 0.2) is 24.4 Å². The summed E-state index contributed by atoms with van der Waals surface area (Å²) in [6.45, 7) is -0.132. The second-order valence-corrected chi connectivity index (χ2v) is 4.81. The predicted octanol–water partition coefficient (Wildman–Crippen LogP) is 2.13. The molecular weight excluding hydrogens is 351 g/mol. The molecule has 2 aromatic heterocycles. The van der Waals surface area contributed by atoms with Crippen LogP contribution in [0.1, 0.15) is 15.9 Å². The molecule has 0 saturated carbocycles. The first-order chi connectivity index (χ1) is 11.3. The number of aromatic nitrogens is 3. The lowest BCUT2D eigenvalue weighted by Crippen LogP contribution is -2.20. The lowest BCUT2D eigenvalue weighted by Gasteiger charge is -2.13. The number of pyridine rings is 1. The van der Waals surface area contributed by atoms with Crippen molar-refractivity contribution in [3.63, 3.8) is 0 Å². The molecule has 11 heteroatoms. The van der Waals surface area contributed by atoms with E-state index in [1.54, 1.807) is 0 Å². The molecular formula is C13H11ClF3N5O2. The molecule has 0 saturated heterocycles. The number of carbonyl (C=O) groups is 1. The zero-order valence-electron chi connectivity index (χ0n) is 12.0. The van der Waals surface area contributed by atoms with E-state index in [1.807, 2.05) is 0 Å². The monoisotopic (exact) mass is 361 g/mol. The molecule has 0 aliphatic carbocycles. The molecule has 0 aliphatic heterocycles. The number of amides is 1. The number of nitrogens with one attached hydrogen (secondary N) is 1.